The molecule has 2 aromatic heterocycles. The highest BCUT2D eigenvalue weighted by molar-refractivity contribution is 7.98. The molecule has 5 rings (SSSR count). The number of thiazole rings is 1. The average Bonchev–Trinajstić information content (AvgIpc) is 3.52. The standard InChI is InChI=1S/C24H22N4O2S2/c1-15-6-8-16(9-7-15)25-21(29)12-22-26-17(13-31-22)14-32-24-27-20-5-3-2-4-19(20)23(30)28(24)18-10-11-18/h2-9,13,18H,10-12,14H2,1H3,(H,25,29). The molecule has 0 saturated heterocycles. The van der Waals surface area contributed by atoms with Crippen LogP contribution in [0.15, 0.2) is 63.9 Å². The molecule has 8 heteroatoms. The Kier molecular flexibility index (Phi) is 5.80. The Balaban J connectivity index is 1.27. The Labute approximate surface area is 193 Å². The summed E-state index contributed by atoms with van der Waals surface area (Å²) < 4.78 is 1.84. The molecule has 0 aliphatic heterocycles. The van der Waals surface area contributed by atoms with Crippen LogP contribution in [0.1, 0.15) is 35.1 Å². The van der Waals surface area contributed by atoms with Crippen molar-refractivity contribution in [1.82, 2.24) is 14.5 Å². The molecule has 1 aliphatic rings. The summed E-state index contributed by atoms with van der Waals surface area (Å²) >= 11 is 3.01. The number of amides is 1. The fraction of sp³-hybridized carbons (Fsp3) is 0.250. The van der Waals surface area contributed by atoms with Gasteiger partial charge in [-0.25, -0.2) is 9.97 Å². The Morgan fingerprint density at radius 2 is 1.94 bits per heavy atom. The number of nitrogens with one attached hydrogen (secondary N) is 1. The molecule has 2 heterocycles. The van der Waals surface area contributed by atoms with E-state index in [-0.39, 0.29) is 23.9 Å². The van der Waals surface area contributed by atoms with Crippen molar-refractivity contribution >= 4 is 45.6 Å². The maximum absolute atomic E-state index is 13.0. The Morgan fingerprint density at radius 1 is 1.16 bits per heavy atom. The third kappa shape index (κ3) is 4.61. The van der Waals surface area contributed by atoms with Crippen LogP contribution in [0.2, 0.25) is 0 Å². The van der Waals surface area contributed by atoms with E-state index in [0.29, 0.717) is 11.1 Å². The summed E-state index contributed by atoms with van der Waals surface area (Å²) in [6.45, 7) is 2.01. The monoisotopic (exact) mass is 462 g/mol. The highest BCUT2D eigenvalue weighted by atomic mass is 32.2. The highest BCUT2D eigenvalue weighted by Crippen LogP contribution is 2.37. The van der Waals surface area contributed by atoms with Gasteiger partial charge in [-0.2, -0.15) is 0 Å². The first-order chi connectivity index (χ1) is 15.6. The van der Waals surface area contributed by atoms with Gasteiger partial charge in [0.05, 0.1) is 23.0 Å². The minimum atomic E-state index is -0.0822. The number of thioether (sulfide) groups is 1. The van der Waals surface area contributed by atoms with Crippen molar-refractivity contribution in [2.75, 3.05) is 5.32 Å². The number of benzene rings is 2. The fourth-order valence-electron chi connectivity index (χ4n) is 3.50. The van der Waals surface area contributed by atoms with Crippen molar-refractivity contribution in [3.05, 3.63) is 80.5 Å². The van der Waals surface area contributed by atoms with Crippen LogP contribution in [0.25, 0.3) is 10.9 Å². The molecule has 1 fully saturated rings. The summed E-state index contributed by atoms with van der Waals surface area (Å²) in [6.07, 6.45) is 2.28. The van der Waals surface area contributed by atoms with E-state index in [2.05, 4.69) is 10.3 Å². The fourth-order valence-corrected chi connectivity index (χ4v) is 5.35. The van der Waals surface area contributed by atoms with E-state index in [1.54, 1.807) is 0 Å². The molecule has 4 aromatic rings. The van der Waals surface area contributed by atoms with Gasteiger partial charge in [-0.1, -0.05) is 41.6 Å². The minimum Gasteiger partial charge on any atom is -0.326 e. The molecule has 0 unspecified atom stereocenters. The molecule has 162 valence electrons. The summed E-state index contributed by atoms with van der Waals surface area (Å²) in [6, 6.07) is 15.5. The van der Waals surface area contributed by atoms with Gasteiger partial charge in [0.1, 0.15) is 5.01 Å². The number of carbonyl (C=O) groups excluding carboxylic acids is 1. The van der Waals surface area contributed by atoms with Crippen molar-refractivity contribution < 1.29 is 4.79 Å². The predicted molar refractivity (Wildman–Crippen MR) is 129 cm³/mol. The van der Waals surface area contributed by atoms with Crippen LogP contribution in [-0.4, -0.2) is 20.4 Å². The highest BCUT2D eigenvalue weighted by Gasteiger charge is 2.28. The van der Waals surface area contributed by atoms with Crippen LogP contribution in [0.5, 0.6) is 0 Å². The van der Waals surface area contributed by atoms with Crippen LogP contribution in [-0.2, 0) is 17.0 Å². The minimum absolute atomic E-state index is 0.0346. The SMILES string of the molecule is Cc1ccc(NC(=O)Cc2nc(CSc3nc4ccccc4c(=O)n3C3CC3)cs2)cc1. The van der Waals surface area contributed by atoms with Gasteiger partial charge < -0.3 is 5.32 Å². The molecule has 1 amide bonds. The normalized spacial score (nSPS) is 13.4. The Hall–Kier alpha value is -2.97. The van der Waals surface area contributed by atoms with E-state index in [9.17, 15) is 9.59 Å². The zero-order valence-corrected chi connectivity index (χ0v) is 19.2. The molecule has 1 aliphatic carbocycles. The first kappa shape index (κ1) is 20.9. The zero-order chi connectivity index (χ0) is 22.1. The van der Waals surface area contributed by atoms with Gasteiger partial charge in [-0.3, -0.25) is 14.2 Å². The lowest BCUT2D eigenvalue weighted by Crippen LogP contribution is -2.22. The summed E-state index contributed by atoms with van der Waals surface area (Å²) in [5, 5.41) is 7.06. The first-order valence-electron chi connectivity index (χ1n) is 10.5. The number of nitrogens with zero attached hydrogens (tertiary/aromatic N) is 3. The second-order valence-electron chi connectivity index (χ2n) is 7.93. The maximum atomic E-state index is 13.0. The molecule has 0 spiro atoms. The van der Waals surface area contributed by atoms with Crippen molar-refractivity contribution in [3.8, 4) is 0 Å². The molecule has 6 nitrogen and oxygen atoms in total. The summed E-state index contributed by atoms with van der Waals surface area (Å²) in [5.41, 5.74) is 3.59. The lowest BCUT2D eigenvalue weighted by Gasteiger charge is -2.11. The quantitative estimate of drug-likeness (QED) is 0.310. The van der Waals surface area contributed by atoms with Crippen LogP contribution >= 0.6 is 23.1 Å². The summed E-state index contributed by atoms with van der Waals surface area (Å²) in [5.74, 6) is 0.522. The van der Waals surface area contributed by atoms with E-state index in [4.69, 9.17) is 4.98 Å². The molecular formula is C24H22N4O2S2. The van der Waals surface area contributed by atoms with Crippen LogP contribution < -0.4 is 10.9 Å². The number of fused-ring (bicyclic) bond motifs is 1. The number of rotatable bonds is 7. The number of aromatic nitrogens is 3. The molecule has 1 saturated carbocycles. The predicted octanol–water partition coefficient (Wildman–Crippen LogP) is 4.97. The molecule has 32 heavy (non-hydrogen) atoms. The number of anilines is 1. The van der Waals surface area contributed by atoms with E-state index in [0.717, 1.165) is 45.5 Å². The largest absolute Gasteiger partial charge is 0.326 e. The van der Waals surface area contributed by atoms with Gasteiger partial charge >= 0.3 is 0 Å². The maximum Gasteiger partial charge on any atom is 0.262 e. The zero-order valence-electron chi connectivity index (χ0n) is 17.6. The number of aryl methyl sites for hydroxylation is 1. The van der Waals surface area contributed by atoms with Crippen LogP contribution in [0.4, 0.5) is 5.69 Å². The van der Waals surface area contributed by atoms with E-state index < -0.39 is 0 Å². The van der Waals surface area contributed by atoms with E-state index in [1.807, 2.05) is 65.4 Å². The van der Waals surface area contributed by atoms with E-state index >= 15 is 0 Å². The van der Waals surface area contributed by atoms with Crippen LogP contribution in [0.3, 0.4) is 0 Å². The summed E-state index contributed by atoms with van der Waals surface area (Å²) in [7, 11) is 0. The van der Waals surface area contributed by atoms with Crippen molar-refractivity contribution in [2.24, 2.45) is 0 Å². The number of carbonyl (C=O) groups is 1. The lowest BCUT2D eigenvalue weighted by atomic mass is 10.2. The lowest BCUT2D eigenvalue weighted by molar-refractivity contribution is -0.115. The second kappa shape index (κ2) is 8.88. The average molecular weight is 463 g/mol. The first-order valence-corrected chi connectivity index (χ1v) is 12.4. The number of hydrogen-bond donors (Lipinski definition) is 1. The Morgan fingerprint density at radius 3 is 2.72 bits per heavy atom. The molecule has 0 bridgehead atoms. The van der Waals surface area contributed by atoms with Gasteiger partial charge in [-0.15, -0.1) is 11.3 Å². The summed E-state index contributed by atoms with van der Waals surface area (Å²) in [4.78, 5) is 34.7. The molecular weight excluding hydrogens is 440 g/mol. The third-order valence-electron chi connectivity index (χ3n) is 5.28. The molecule has 2 aromatic carbocycles. The third-order valence-corrected chi connectivity index (χ3v) is 7.17. The molecule has 1 N–H and O–H groups in total. The topological polar surface area (TPSA) is 76.9 Å². The Bertz CT molecular complexity index is 1340. The van der Waals surface area contributed by atoms with Crippen molar-refractivity contribution in [1.29, 1.82) is 0 Å². The van der Waals surface area contributed by atoms with Gasteiger partial charge in [0, 0.05) is 22.9 Å². The van der Waals surface area contributed by atoms with E-state index in [1.165, 1.54) is 23.1 Å². The number of para-hydroxylation sites is 1. The molecule has 0 atom stereocenters. The van der Waals surface area contributed by atoms with Gasteiger partial charge in [0.2, 0.25) is 5.91 Å². The molecule has 0 radical (unpaired) electrons. The van der Waals surface area contributed by atoms with Crippen molar-refractivity contribution in [3.63, 3.8) is 0 Å². The van der Waals surface area contributed by atoms with Gasteiger partial charge in [0.25, 0.3) is 5.56 Å². The number of hydrogen-bond acceptors (Lipinski definition) is 6. The second-order valence-corrected chi connectivity index (χ2v) is 9.82. The van der Waals surface area contributed by atoms with Crippen LogP contribution in [0, 0.1) is 6.92 Å². The van der Waals surface area contributed by atoms with Crippen molar-refractivity contribution in [2.45, 2.75) is 43.1 Å². The van der Waals surface area contributed by atoms with Gasteiger partial charge in [0.15, 0.2) is 5.16 Å². The van der Waals surface area contributed by atoms with Gasteiger partial charge in [-0.05, 0) is 44.0 Å². The smallest absolute Gasteiger partial charge is 0.262 e.